The average molecular weight is 293 g/mol. The van der Waals surface area contributed by atoms with E-state index in [9.17, 15) is 4.79 Å². The Morgan fingerprint density at radius 1 is 1.29 bits per heavy atom. The van der Waals surface area contributed by atoms with Crippen molar-refractivity contribution in [1.82, 2.24) is 5.32 Å². The molecule has 2 unspecified atom stereocenters. The van der Waals surface area contributed by atoms with Crippen molar-refractivity contribution >= 4 is 5.97 Å². The number of benzene rings is 1. The molecule has 0 aliphatic heterocycles. The number of aryl methyl sites for hydroxylation is 1. The van der Waals surface area contributed by atoms with Crippen LogP contribution < -0.4 is 10.1 Å². The van der Waals surface area contributed by atoms with E-state index in [1.807, 2.05) is 58.9 Å². The lowest BCUT2D eigenvalue weighted by Gasteiger charge is -2.30. The van der Waals surface area contributed by atoms with E-state index >= 15 is 0 Å². The number of carbonyl (C=O) groups excluding carboxylic acids is 1. The number of likely N-dealkylation sites (N-methyl/N-ethyl adjacent to an activating group) is 1. The van der Waals surface area contributed by atoms with Crippen molar-refractivity contribution in [3.8, 4) is 5.75 Å². The number of ether oxygens (including phenoxy) is 2. The maximum absolute atomic E-state index is 12.1. The monoisotopic (exact) mass is 293 g/mol. The molecule has 0 saturated carbocycles. The molecule has 0 fully saturated rings. The minimum Gasteiger partial charge on any atom is -0.491 e. The van der Waals surface area contributed by atoms with E-state index in [-0.39, 0.29) is 12.1 Å². The summed E-state index contributed by atoms with van der Waals surface area (Å²) in [6, 6.07) is 7.91. The maximum atomic E-state index is 12.1. The van der Waals surface area contributed by atoms with E-state index in [1.54, 1.807) is 0 Å². The molecule has 0 aliphatic rings. The fourth-order valence-electron chi connectivity index (χ4n) is 2.37. The molecule has 1 rings (SSSR count). The molecule has 0 heterocycles. The van der Waals surface area contributed by atoms with Crippen molar-refractivity contribution in [1.29, 1.82) is 0 Å². The van der Waals surface area contributed by atoms with Gasteiger partial charge in [-0.2, -0.15) is 0 Å². The van der Waals surface area contributed by atoms with E-state index in [2.05, 4.69) is 5.32 Å². The first-order valence-electron chi connectivity index (χ1n) is 7.57. The second kappa shape index (κ2) is 8.03. The number of nitrogens with one attached hydrogen (secondary N) is 1. The fourth-order valence-corrected chi connectivity index (χ4v) is 2.37. The fraction of sp³-hybridized carbons (Fsp3) is 0.588. The van der Waals surface area contributed by atoms with Crippen LogP contribution in [0.15, 0.2) is 24.3 Å². The third kappa shape index (κ3) is 5.38. The van der Waals surface area contributed by atoms with Crippen molar-refractivity contribution in [2.75, 3.05) is 13.2 Å². The molecule has 2 atom stereocenters. The lowest BCUT2D eigenvalue weighted by molar-refractivity contribution is -0.151. The molecule has 0 radical (unpaired) electrons. The highest BCUT2D eigenvalue weighted by molar-refractivity contribution is 5.80. The summed E-state index contributed by atoms with van der Waals surface area (Å²) in [4.78, 5) is 12.1. The first-order chi connectivity index (χ1) is 9.91. The van der Waals surface area contributed by atoms with Crippen LogP contribution in [0.2, 0.25) is 0 Å². The highest BCUT2D eigenvalue weighted by Crippen LogP contribution is 2.20. The Labute approximate surface area is 127 Å². The van der Waals surface area contributed by atoms with Crippen LogP contribution in [-0.2, 0) is 9.53 Å². The summed E-state index contributed by atoms with van der Waals surface area (Å²) in [6.07, 6.45) is 0.453. The summed E-state index contributed by atoms with van der Waals surface area (Å²) in [5, 5.41) is 3.21. The minimum absolute atomic E-state index is 0.0961. The van der Waals surface area contributed by atoms with Gasteiger partial charge in [0, 0.05) is 6.42 Å². The summed E-state index contributed by atoms with van der Waals surface area (Å²) in [5.41, 5.74) is 0.466. The van der Waals surface area contributed by atoms with Crippen LogP contribution in [-0.4, -0.2) is 30.8 Å². The third-order valence-electron chi connectivity index (χ3n) is 3.35. The molecule has 1 aromatic rings. The summed E-state index contributed by atoms with van der Waals surface area (Å²) in [5.74, 6) is 0.585. The third-order valence-corrected chi connectivity index (χ3v) is 3.35. The number of hydrogen-bond acceptors (Lipinski definition) is 4. The van der Waals surface area contributed by atoms with Crippen LogP contribution in [0.25, 0.3) is 0 Å². The van der Waals surface area contributed by atoms with Gasteiger partial charge in [-0.15, -0.1) is 0 Å². The molecule has 1 N–H and O–H groups in total. The predicted molar refractivity (Wildman–Crippen MR) is 84.6 cm³/mol. The van der Waals surface area contributed by atoms with Crippen LogP contribution in [0.5, 0.6) is 5.75 Å². The Morgan fingerprint density at radius 3 is 2.43 bits per heavy atom. The highest BCUT2D eigenvalue weighted by atomic mass is 16.5. The SMILES string of the molecule is CCNC(C)(CC(C)Oc1ccc(C)cc1)C(=O)OCC. The van der Waals surface area contributed by atoms with Gasteiger partial charge >= 0.3 is 5.97 Å². The van der Waals surface area contributed by atoms with E-state index in [0.717, 1.165) is 5.75 Å². The molecule has 21 heavy (non-hydrogen) atoms. The molecule has 0 aliphatic carbocycles. The molecule has 1 aromatic carbocycles. The Morgan fingerprint density at radius 2 is 1.90 bits per heavy atom. The zero-order valence-corrected chi connectivity index (χ0v) is 13.7. The van der Waals surface area contributed by atoms with E-state index < -0.39 is 5.54 Å². The quantitative estimate of drug-likeness (QED) is 0.748. The topological polar surface area (TPSA) is 47.6 Å². The van der Waals surface area contributed by atoms with Gasteiger partial charge in [0.25, 0.3) is 0 Å². The number of hydrogen-bond donors (Lipinski definition) is 1. The van der Waals surface area contributed by atoms with Crippen LogP contribution in [0.4, 0.5) is 0 Å². The van der Waals surface area contributed by atoms with E-state index in [0.29, 0.717) is 19.6 Å². The second-order valence-corrected chi connectivity index (χ2v) is 5.53. The summed E-state index contributed by atoms with van der Waals surface area (Å²) >= 11 is 0. The summed E-state index contributed by atoms with van der Waals surface area (Å²) in [6.45, 7) is 10.7. The van der Waals surface area contributed by atoms with Crippen LogP contribution in [0, 0.1) is 6.92 Å². The Bertz CT molecular complexity index is 444. The number of rotatable bonds is 8. The van der Waals surface area contributed by atoms with Gasteiger partial charge in [-0.25, -0.2) is 0 Å². The van der Waals surface area contributed by atoms with Crippen molar-refractivity contribution in [2.45, 2.75) is 52.7 Å². The Hall–Kier alpha value is -1.55. The predicted octanol–water partition coefficient (Wildman–Crippen LogP) is 3.08. The van der Waals surface area contributed by atoms with Crippen molar-refractivity contribution < 1.29 is 14.3 Å². The molecule has 0 amide bonds. The van der Waals surface area contributed by atoms with Crippen molar-refractivity contribution in [2.24, 2.45) is 0 Å². The van der Waals surface area contributed by atoms with Crippen molar-refractivity contribution in [3.63, 3.8) is 0 Å². The lowest BCUT2D eigenvalue weighted by Crippen LogP contribution is -2.52. The number of esters is 1. The van der Waals surface area contributed by atoms with Gasteiger partial charge in [0.2, 0.25) is 0 Å². The van der Waals surface area contributed by atoms with Crippen LogP contribution in [0.1, 0.15) is 39.7 Å². The van der Waals surface area contributed by atoms with Gasteiger partial charge in [-0.1, -0.05) is 24.6 Å². The van der Waals surface area contributed by atoms with Crippen LogP contribution >= 0.6 is 0 Å². The molecule has 4 heteroatoms. The van der Waals surface area contributed by atoms with E-state index in [4.69, 9.17) is 9.47 Å². The first-order valence-corrected chi connectivity index (χ1v) is 7.57. The Kier molecular flexibility index (Phi) is 6.69. The smallest absolute Gasteiger partial charge is 0.326 e. The molecule has 118 valence electrons. The molecule has 0 bridgehead atoms. The highest BCUT2D eigenvalue weighted by Gasteiger charge is 2.36. The molecular weight excluding hydrogens is 266 g/mol. The van der Waals surface area contributed by atoms with Gasteiger partial charge in [0.05, 0.1) is 12.7 Å². The van der Waals surface area contributed by atoms with Gasteiger partial charge in [-0.3, -0.25) is 4.79 Å². The van der Waals surface area contributed by atoms with Crippen LogP contribution in [0.3, 0.4) is 0 Å². The molecule has 0 aromatic heterocycles. The van der Waals surface area contributed by atoms with Gasteiger partial charge < -0.3 is 14.8 Å². The van der Waals surface area contributed by atoms with Gasteiger partial charge in [-0.05, 0) is 46.4 Å². The Balaban J connectivity index is 2.69. The number of carbonyl (C=O) groups is 1. The first kappa shape index (κ1) is 17.5. The molecule has 4 nitrogen and oxygen atoms in total. The normalized spacial score (nSPS) is 15.1. The van der Waals surface area contributed by atoms with E-state index in [1.165, 1.54) is 5.56 Å². The summed E-state index contributed by atoms with van der Waals surface area (Å²) in [7, 11) is 0. The zero-order chi connectivity index (χ0) is 15.9. The van der Waals surface area contributed by atoms with Gasteiger partial charge in [0.15, 0.2) is 0 Å². The van der Waals surface area contributed by atoms with Crippen molar-refractivity contribution in [3.05, 3.63) is 29.8 Å². The molecular formula is C17H27NO3. The minimum atomic E-state index is -0.727. The molecule has 0 saturated heterocycles. The second-order valence-electron chi connectivity index (χ2n) is 5.53. The lowest BCUT2D eigenvalue weighted by atomic mass is 9.94. The largest absolute Gasteiger partial charge is 0.491 e. The summed E-state index contributed by atoms with van der Waals surface area (Å²) < 4.78 is 11.1. The molecule has 0 spiro atoms. The average Bonchev–Trinajstić information content (AvgIpc) is 2.41. The standard InChI is InChI=1S/C17H27NO3/c1-6-18-17(5,16(19)20-7-2)12-14(4)21-15-10-8-13(3)9-11-15/h8-11,14,18H,6-7,12H2,1-5H3. The zero-order valence-electron chi connectivity index (χ0n) is 13.7. The maximum Gasteiger partial charge on any atom is 0.326 e. The van der Waals surface area contributed by atoms with Gasteiger partial charge in [0.1, 0.15) is 11.3 Å².